The Labute approximate surface area is 131 Å². The van der Waals surface area contributed by atoms with Crippen LogP contribution >= 0.6 is 0 Å². The molecule has 128 valence electrons. The molecule has 0 rings (SSSR count). The topological polar surface area (TPSA) is 113 Å². The van der Waals surface area contributed by atoms with E-state index in [-0.39, 0.29) is 17.1 Å². The molecule has 0 aliphatic rings. The normalized spacial score (nSPS) is 13.7. The van der Waals surface area contributed by atoms with Crippen molar-refractivity contribution < 1.29 is 29.3 Å². The monoisotopic (exact) mass is 317 g/mol. The highest BCUT2D eigenvalue weighted by molar-refractivity contribution is 5.89. The van der Waals surface area contributed by atoms with Crippen molar-refractivity contribution in [3.8, 4) is 0 Å². The molecule has 0 saturated carbocycles. The van der Waals surface area contributed by atoms with E-state index in [1.807, 2.05) is 13.8 Å². The van der Waals surface area contributed by atoms with E-state index in [2.05, 4.69) is 26.1 Å². The Morgan fingerprint density at radius 1 is 1.05 bits per heavy atom. The summed E-state index contributed by atoms with van der Waals surface area (Å²) in [4.78, 5) is 30.0. The summed E-state index contributed by atoms with van der Waals surface area (Å²) in [5, 5.41) is 19.0. The molecule has 0 spiro atoms. The zero-order valence-electron chi connectivity index (χ0n) is 14.1. The van der Waals surface area contributed by atoms with Crippen molar-refractivity contribution in [3.63, 3.8) is 0 Å². The van der Waals surface area contributed by atoms with Crippen LogP contribution in [0.5, 0.6) is 0 Å². The van der Waals surface area contributed by atoms with Gasteiger partial charge in [0.1, 0.15) is 5.60 Å². The van der Waals surface area contributed by atoms with Crippen LogP contribution in [0.1, 0.15) is 48.0 Å². The molecule has 7 heteroatoms. The fourth-order valence-electron chi connectivity index (χ4n) is 1.17. The second-order valence-corrected chi connectivity index (χ2v) is 6.01. The highest BCUT2D eigenvalue weighted by Crippen LogP contribution is 2.15. The molecule has 0 saturated heterocycles. The fourth-order valence-corrected chi connectivity index (χ4v) is 1.17. The summed E-state index contributed by atoms with van der Waals surface area (Å²) in [6.45, 7) is 12.4. The number of aliphatic carboxylic acids is 2. The lowest BCUT2D eigenvalue weighted by atomic mass is 10.0. The van der Waals surface area contributed by atoms with Crippen molar-refractivity contribution >= 4 is 17.9 Å². The predicted molar refractivity (Wildman–Crippen MR) is 82.6 cm³/mol. The van der Waals surface area contributed by atoms with Crippen molar-refractivity contribution in [2.75, 3.05) is 6.54 Å². The minimum absolute atomic E-state index is 0.0522. The molecule has 1 atom stereocenters. The lowest BCUT2D eigenvalue weighted by Gasteiger charge is -2.32. The maximum atomic E-state index is 10.9. The summed E-state index contributed by atoms with van der Waals surface area (Å²) in [5.41, 5.74) is -0.338. The van der Waals surface area contributed by atoms with Crippen LogP contribution in [0.3, 0.4) is 0 Å². The van der Waals surface area contributed by atoms with Crippen LogP contribution in [0.15, 0.2) is 12.2 Å². The van der Waals surface area contributed by atoms with Gasteiger partial charge in [-0.05, 0) is 34.1 Å². The van der Waals surface area contributed by atoms with Gasteiger partial charge in [0.05, 0.1) is 0 Å². The first-order chi connectivity index (χ1) is 9.81. The number of carbonyl (C=O) groups excluding carboxylic acids is 1. The molecule has 0 amide bonds. The second-order valence-electron chi connectivity index (χ2n) is 6.01. The Bertz CT molecular complexity index is 395. The van der Waals surface area contributed by atoms with Gasteiger partial charge in [-0.1, -0.05) is 6.92 Å². The number of carboxylic acids is 2. The summed E-state index contributed by atoms with van der Waals surface area (Å²) in [6.07, 6.45) is 1.93. The lowest BCUT2D eigenvalue weighted by molar-refractivity contribution is -0.155. The number of nitrogens with one attached hydrogen (secondary N) is 1. The van der Waals surface area contributed by atoms with E-state index in [1.165, 1.54) is 6.92 Å². The number of hydrogen-bond donors (Lipinski definition) is 3. The van der Waals surface area contributed by atoms with Crippen molar-refractivity contribution in [2.24, 2.45) is 0 Å². The van der Waals surface area contributed by atoms with Gasteiger partial charge in [0.15, 0.2) is 0 Å². The van der Waals surface area contributed by atoms with Gasteiger partial charge < -0.3 is 20.3 Å². The van der Waals surface area contributed by atoms with Gasteiger partial charge in [-0.25, -0.2) is 9.59 Å². The molecule has 1 unspecified atom stereocenters. The van der Waals surface area contributed by atoms with Crippen LogP contribution < -0.4 is 5.32 Å². The first kappa shape index (κ1) is 22.4. The fraction of sp³-hybridized carbons (Fsp3) is 0.667. The zero-order valence-corrected chi connectivity index (χ0v) is 14.1. The van der Waals surface area contributed by atoms with Gasteiger partial charge in [-0.3, -0.25) is 4.79 Å². The third kappa shape index (κ3) is 16.2. The van der Waals surface area contributed by atoms with Gasteiger partial charge in [-0.15, -0.1) is 0 Å². The van der Waals surface area contributed by atoms with Crippen LogP contribution in [0, 0.1) is 0 Å². The van der Waals surface area contributed by atoms with E-state index in [0.29, 0.717) is 18.7 Å². The van der Waals surface area contributed by atoms with Crippen LogP contribution in [0.2, 0.25) is 0 Å². The van der Waals surface area contributed by atoms with Crippen molar-refractivity contribution in [1.82, 2.24) is 5.32 Å². The van der Waals surface area contributed by atoms with Crippen molar-refractivity contribution in [2.45, 2.75) is 59.1 Å². The molecule has 3 N–H and O–H groups in total. The van der Waals surface area contributed by atoms with Gasteiger partial charge >= 0.3 is 17.9 Å². The average Bonchev–Trinajstić information content (AvgIpc) is 2.33. The van der Waals surface area contributed by atoms with Crippen LogP contribution in [0.25, 0.3) is 0 Å². The summed E-state index contributed by atoms with van der Waals surface area (Å²) in [5.74, 6) is -2.73. The van der Waals surface area contributed by atoms with Gasteiger partial charge in [0, 0.05) is 31.2 Å². The van der Waals surface area contributed by atoms with E-state index < -0.39 is 11.9 Å². The van der Waals surface area contributed by atoms with Gasteiger partial charge in [-0.2, -0.15) is 0 Å². The van der Waals surface area contributed by atoms with E-state index in [0.717, 1.165) is 6.42 Å². The first-order valence-electron chi connectivity index (χ1n) is 6.90. The summed E-state index contributed by atoms with van der Waals surface area (Å²) in [6, 6.07) is 0. The lowest BCUT2D eigenvalue weighted by Crippen LogP contribution is -2.47. The Morgan fingerprint density at radius 3 is 1.68 bits per heavy atom. The molecule has 0 radical (unpaired) electrons. The molecule has 0 aromatic heterocycles. The number of rotatable bonds is 6. The van der Waals surface area contributed by atoms with Crippen molar-refractivity contribution in [1.29, 1.82) is 0 Å². The molecule has 0 bridgehead atoms. The number of carbonyl (C=O) groups is 3. The Hall–Kier alpha value is -1.89. The quantitative estimate of drug-likeness (QED) is 0.506. The van der Waals surface area contributed by atoms with Crippen molar-refractivity contribution in [3.05, 3.63) is 12.2 Å². The minimum Gasteiger partial charge on any atom is -0.478 e. The molecule has 0 aromatic rings. The molecule has 0 aliphatic carbocycles. The minimum atomic E-state index is -1.26. The molecule has 0 aliphatic heterocycles. The summed E-state index contributed by atoms with van der Waals surface area (Å²) < 4.78 is 5.28. The molecular weight excluding hydrogens is 290 g/mol. The van der Waals surface area contributed by atoms with E-state index in [1.54, 1.807) is 0 Å². The predicted octanol–water partition coefficient (Wildman–Crippen LogP) is 1.82. The highest BCUT2D eigenvalue weighted by atomic mass is 16.6. The number of carboxylic acid groups (broad SMARTS) is 2. The number of esters is 1. The second kappa shape index (κ2) is 9.94. The first-order valence-corrected chi connectivity index (χ1v) is 6.90. The zero-order chi connectivity index (χ0) is 18.0. The Morgan fingerprint density at radius 2 is 1.45 bits per heavy atom. The third-order valence-electron chi connectivity index (χ3n) is 2.50. The smallest absolute Gasteiger partial charge is 0.328 e. The maximum Gasteiger partial charge on any atom is 0.328 e. The maximum absolute atomic E-state index is 10.9. The third-order valence-corrected chi connectivity index (χ3v) is 2.50. The molecular formula is C15H27NO6. The van der Waals surface area contributed by atoms with Crippen LogP contribution in [0.4, 0.5) is 0 Å². The molecule has 22 heavy (non-hydrogen) atoms. The Balaban J connectivity index is 0. The molecule has 0 aromatic carbocycles. The van der Waals surface area contributed by atoms with Gasteiger partial charge in [0.2, 0.25) is 0 Å². The SMILES string of the molecule is CCC(C)(CNC(C)(C)C)OC(C)=O.O=C(O)/C=C/C(=O)O. The largest absolute Gasteiger partial charge is 0.478 e. The summed E-state index contributed by atoms with van der Waals surface area (Å²) in [7, 11) is 0. The standard InChI is InChI=1S/C11H23NO2.C4H4O4/c1-7-11(6,14-9(2)13)8-12-10(3,4)5;5-3(6)1-2-4(7)8/h12H,7-8H2,1-6H3;1-2H,(H,5,6)(H,7,8)/b;2-1+. The highest BCUT2D eigenvalue weighted by Gasteiger charge is 2.26. The van der Waals surface area contributed by atoms with Crippen LogP contribution in [-0.4, -0.2) is 45.8 Å². The molecule has 0 fully saturated rings. The summed E-state index contributed by atoms with van der Waals surface area (Å²) >= 11 is 0. The number of ether oxygens (including phenoxy) is 1. The van der Waals surface area contributed by atoms with E-state index in [9.17, 15) is 14.4 Å². The number of hydrogen-bond acceptors (Lipinski definition) is 5. The Kier molecular flexibility index (Phi) is 10.1. The van der Waals surface area contributed by atoms with E-state index in [4.69, 9.17) is 14.9 Å². The average molecular weight is 317 g/mol. The molecule has 0 heterocycles. The molecule has 7 nitrogen and oxygen atoms in total. The van der Waals surface area contributed by atoms with Crippen LogP contribution in [-0.2, 0) is 19.1 Å². The van der Waals surface area contributed by atoms with Gasteiger partial charge in [0.25, 0.3) is 0 Å². The van der Waals surface area contributed by atoms with E-state index >= 15 is 0 Å².